The highest BCUT2D eigenvalue weighted by atomic mass is 32.2. The maximum absolute atomic E-state index is 12.3. The van der Waals surface area contributed by atoms with Crippen LogP contribution in [0.15, 0.2) is 52.9 Å². The molecule has 0 aliphatic heterocycles. The first kappa shape index (κ1) is 18.9. The van der Waals surface area contributed by atoms with E-state index < -0.39 is 0 Å². The molecule has 26 heavy (non-hydrogen) atoms. The second kappa shape index (κ2) is 8.69. The van der Waals surface area contributed by atoms with E-state index in [4.69, 9.17) is 0 Å². The van der Waals surface area contributed by atoms with Crippen molar-refractivity contribution in [2.75, 3.05) is 5.75 Å². The summed E-state index contributed by atoms with van der Waals surface area (Å²) in [6.07, 6.45) is 1.08. The molecule has 0 unspecified atom stereocenters. The first-order valence-electron chi connectivity index (χ1n) is 8.88. The van der Waals surface area contributed by atoms with Crippen molar-refractivity contribution in [1.82, 2.24) is 10.3 Å². The summed E-state index contributed by atoms with van der Waals surface area (Å²) in [5.74, 6) is 1.07. The second-order valence-electron chi connectivity index (χ2n) is 6.86. The van der Waals surface area contributed by atoms with Crippen molar-refractivity contribution < 1.29 is 4.79 Å². The molecule has 0 saturated heterocycles. The van der Waals surface area contributed by atoms with Gasteiger partial charge < -0.3 is 5.32 Å². The van der Waals surface area contributed by atoms with Crippen molar-refractivity contribution in [2.24, 2.45) is 5.92 Å². The van der Waals surface area contributed by atoms with E-state index in [1.165, 1.54) is 17.3 Å². The number of hydrogen-bond donors (Lipinski definition) is 1. The Labute approximate surface area is 163 Å². The Balaban J connectivity index is 1.52. The molecule has 0 spiro atoms. The van der Waals surface area contributed by atoms with E-state index in [-0.39, 0.29) is 11.9 Å². The summed E-state index contributed by atoms with van der Waals surface area (Å²) >= 11 is 3.13. The van der Waals surface area contributed by atoms with Crippen LogP contribution in [-0.4, -0.2) is 16.6 Å². The number of rotatable bonds is 7. The molecule has 1 aromatic heterocycles. The van der Waals surface area contributed by atoms with E-state index in [1.807, 2.05) is 25.1 Å². The lowest BCUT2D eigenvalue weighted by molar-refractivity contribution is -0.119. The van der Waals surface area contributed by atoms with Crippen LogP contribution in [0, 0.1) is 5.92 Å². The number of nitrogens with zero attached hydrogens (tertiary/aromatic N) is 1. The summed E-state index contributed by atoms with van der Waals surface area (Å²) in [5, 5.41) is 3.08. The third-order valence-corrected chi connectivity index (χ3v) is 6.28. The van der Waals surface area contributed by atoms with Gasteiger partial charge in [-0.25, -0.2) is 4.98 Å². The molecule has 0 aliphatic carbocycles. The zero-order chi connectivity index (χ0) is 18.5. The minimum atomic E-state index is 0.00608. The van der Waals surface area contributed by atoms with Crippen LogP contribution in [0.1, 0.15) is 37.9 Å². The lowest BCUT2D eigenvalue weighted by atomic mass is 10.00. The zero-order valence-electron chi connectivity index (χ0n) is 15.4. The third-order valence-electron chi connectivity index (χ3n) is 4.10. The number of nitrogens with one attached hydrogen (secondary N) is 1. The summed E-state index contributed by atoms with van der Waals surface area (Å²) in [6, 6.07) is 16.6. The molecule has 5 heteroatoms. The maximum Gasteiger partial charge on any atom is 0.230 e. The number of amides is 1. The fraction of sp³-hybridized carbons (Fsp3) is 0.333. The average molecular weight is 385 g/mol. The van der Waals surface area contributed by atoms with E-state index in [0.717, 1.165) is 26.5 Å². The monoisotopic (exact) mass is 384 g/mol. The molecule has 3 rings (SSSR count). The van der Waals surface area contributed by atoms with Gasteiger partial charge in [0.15, 0.2) is 4.34 Å². The summed E-state index contributed by atoms with van der Waals surface area (Å²) in [6.45, 7) is 6.47. The van der Waals surface area contributed by atoms with Gasteiger partial charge in [0.25, 0.3) is 0 Å². The third kappa shape index (κ3) is 5.08. The molecule has 1 amide bonds. The number of carbonyl (C=O) groups is 1. The Hall–Kier alpha value is -1.85. The number of aromatic nitrogens is 1. The van der Waals surface area contributed by atoms with Crippen molar-refractivity contribution in [3.63, 3.8) is 0 Å². The van der Waals surface area contributed by atoms with E-state index in [9.17, 15) is 4.79 Å². The number of carbonyl (C=O) groups excluding carboxylic acids is 1. The highest BCUT2D eigenvalue weighted by Gasteiger charge is 2.12. The molecule has 0 saturated carbocycles. The number of fused-ring (bicyclic) bond motifs is 1. The topological polar surface area (TPSA) is 42.0 Å². The van der Waals surface area contributed by atoms with Crippen LogP contribution in [0.5, 0.6) is 0 Å². The zero-order valence-corrected chi connectivity index (χ0v) is 17.0. The van der Waals surface area contributed by atoms with Crippen LogP contribution in [0.4, 0.5) is 0 Å². The molecule has 0 aliphatic rings. The molecular formula is C21H24N2OS2. The summed E-state index contributed by atoms with van der Waals surface area (Å²) < 4.78 is 2.09. The quantitative estimate of drug-likeness (QED) is 0.550. The summed E-state index contributed by atoms with van der Waals surface area (Å²) in [5.41, 5.74) is 3.47. The van der Waals surface area contributed by atoms with E-state index in [1.54, 1.807) is 11.3 Å². The van der Waals surface area contributed by atoms with Gasteiger partial charge >= 0.3 is 0 Å². The van der Waals surface area contributed by atoms with Gasteiger partial charge in [-0.15, -0.1) is 11.3 Å². The average Bonchev–Trinajstić information content (AvgIpc) is 3.03. The number of hydrogen-bond acceptors (Lipinski definition) is 4. The molecule has 0 bridgehead atoms. The van der Waals surface area contributed by atoms with Gasteiger partial charge in [-0.05, 0) is 42.5 Å². The summed E-state index contributed by atoms with van der Waals surface area (Å²) in [4.78, 5) is 16.8. The number of benzene rings is 2. The van der Waals surface area contributed by atoms with Crippen LogP contribution < -0.4 is 5.32 Å². The van der Waals surface area contributed by atoms with Crippen molar-refractivity contribution in [3.05, 3.63) is 59.7 Å². The molecular weight excluding hydrogens is 360 g/mol. The second-order valence-corrected chi connectivity index (χ2v) is 9.12. The molecule has 3 aromatic rings. The fourth-order valence-corrected chi connectivity index (χ4v) is 4.70. The number of para-hydroxylation sites is 1. The van der Waals surface area contributed by atoms with Crippen LogP contribution in [0.25, 0.3) is 10.2 Å². The Bertz CT molecular complexity index is 838. The molecule has 0 radical (unpaired) electrons. The standard InChI is InChI=1S/C21H24N2OS2/c1-14(2)12-16-8-10-17(11-9-16)15(3)22-20(24)13-25-21-23-18-6-4-5-7-19(18)26-21/h4-11,14-15H,12-13H2,1-3H3,(H,22,24)/t15-/m1/s1. The predicted molar refractivity (Wildman–Crippen MR) is 112 cm³/mol. The molecule has 1 N–H and O–H groups in total. The van der Waals surface area contributed by atoms with Crippen LogP contribution in [0.3, 0.4) is 0 Å². The van der Waals surface area contributed by atoms with Gasteiger partial charge in [0.05, 0.1) is 22.0 Å². The molecule has 3 nitrogen and oxygen atoms in total. The lowest BCUT2D eigenvalue weighted by Gasteiger charge is -2.15. The van der Waals surface area contributed by atoms with Crippen molar-refractivity contribution in [2.45, 2.75) is 37.6 Å². The van der Waals surface area contributed by atoms with Crippen molar-refractivity contribution in [3.8, 4) is 0 Å². The fourth-order valence-electron chi connectivity index (χ4n) is 2.82. The Kier molecular flexibility index (Phi) is 6.33. The van der Waals surface area contributed by atoms with Crippen molar-refractivity contribution in [1.29, 1.82) is 0 Å². The first-order valence-corrected chi connectivity index (χ1v) is 10.7. The van der Waals surface area contributed by atoms with E-state index in [2.05, 4.69) is 54.5 Å². The largest absolute Gasteiger partial charge is 0.349 e. The van der Waals surface area contributed by atoms with Gasteiger partial charge in [-0.3, -0.25) is 4.79 Å². The minimum Gasteiger partial charge on any atom is -0.349 e. The number of thioether (sulfide) groups is 1. The van der Waals surface area contributed by atoms with Crippen molar-refractivity contribution >= 4 is 39.2 Å². The van der Waals surface area contributed by atoms with Crippen LogP contribution >= 0.6 is 23.1 Å². The maximum atomic E-state index is 12.3. The lowest BCUT2D eigenvalue weighted by Crippen LogP contribution is -2.28. The minimum absolute atomic E-state index is 0.00608. The first-order chi connectivity index (χ1) is 12.5. The van der Waals surface area contributed by atoms with Crippen LogP contribution in [0.2, 0.25) is 0 Å². The molecule has 0 fully saturated rings. The van der Waals surface area contributed by atoms with E-state index >= 15 is 0 Å². The Morgan fingerprint density at radius 2 is 1.85 bits per heavy atom. The van der Waals surface area contributed by atoms with Gasteiger partial charge in [0, 0.05) is 0 Å². The van der Waals surface area contributed by atoms with Crippen LogP contribution in [-0.2, 0) is 11.2 Å². The Morgan fingerprint density at radius 1 is 1.12 bits per heavy atom. The molecule has 2 aromatic carbocycles. The molecule has 136 valence electrons. The normalized spacial score (nSPS) is 12.5. The molecule has 1 atom stereocenters. The highest BCUT2D eigenvalue weighted by Crippen LogP contribution is 2.29. The SMILES string of the molecule is CC(C)Cc1ccc([C@@H](C)NC(=O)CSc2nc3ccccc3s2)cc1. The predicted octanol–water partition coefficient (Wildman–Crippen LogP) is 5.46. The van der Waals surface area contributed by atoms with Gasteiger partial charge in [-0.1, -0.05) is 62.0 Å². The molecule has 1 heterocycles. The van der Waals surface area contributed by atoms with E-state index in [0.29, 0.717) is 11.7 Å². The van der Waals surface area contributed by atoms with Gasteiger partial charge in [0.2, 0.25) is 5.91 Å². The Morgan fingerprint density at radius 3 is 2.54 bits per heavy atom. The number of thiazole rings is 1. The van der Waals surface area contributed by atoms with Gasteiger partial charge in [-0.2, -0.15) is 0 Å². The smallest absolute Gasteiger partial charge is 0.230 e. The highest BCUT2D eigenvalue weighted by molar-refractivity contribution is 8.01. The van der Waals surface area contributed by atoms with Gasteiger partial charge in [0.1, 0.15) is 0 Å². The summed E-state index contributed by atoms with van der Waals surface area (Å²) in [7, 11) is 0.